The predicted molar refractivity (Wildman–Crippen MR) is 73.9 cm³/mol. The minimum atomic E-state index is 0.0511. The number of nitrogens with two attached hydrogens (primary N) is 1. The minimum Gasteiger partial charge on any atom is -0.325 e. The van der Waals surface area contributed by atoms with Crippen LogP contribution >= 0.6 is 11.3 Å². The van der Waals surface area contributed by atoms with Gasteiger partial charge in [0.1, 0.15) is 10.7 Å². The van der Waals surface area contributed by atoms with Crippen LogP contribution in [0.4, 0.5) is 0 Å². The van der Waals surface area contributed by atoms with Crippen LogP contribution in [0.1, 0.15) is 33.5 Å². The lowest BCUT2D eigenvalue weighted by Crippen LogP contribution is -2.05. The van der Waals surface area contributed by atoms with Gasteiger partial charge in [0.05, 0.1) is 0 Å². The normalized spacial score (nSPS) is 10.6. The van der Waals surface area contributed by atoms with Crippen molar-refractivity contribution < 1.29 is 4.79 Å². The van der Waals surface area contributed by atoms with Gasteiger partial charge in [-0.15, -0.1) is 11.3 Å². The van der Waals surface area contributed by atoms with Crippen molar-refractivity contribution in [2.75, 3.05) is 0 Å². The lowest BCUT2D eigenvalue weighted by Gasteiger charge is -2.01. The number of rotatable bonds is 5. The van der Waals surface area contributed by atoms with Crippen molar-refractivity contribution in [3.63, 3.8) is 0 Å². The van der Waals surface area contributed by atoms with Crippen LogP contribution in [0.15, 0.2) is 29.6 Å². The Morgan fingerprint density at radius 1 is 1.28 bits per heavy atom. The maximum absolute atomic E-state index is 12.0. The number of hydrogen-bond donors (Lipinski definition) is 1. The zero-order valence-electron chi connectivity index (χ0n) is 10.3. The maximum Gasteiger partial charge on any atom is 0.186 e. The van der Waals surface area contributed by atoms with E-state index in [1.54, 1.807) is 5.38 Å². The van der Waals surface area contributed by atoms with Gasteiger partial charge < -0.3 is 5.73 Å². The molecule has 0 saturated heterocycles. The number of thiazole rings is 1. The van der Waals surface area contributed by atoms with Crippen LogP contribution in [0.2, 0.25) is 0 Å². The number of aromatic nitrogens is 1. The molecule has 2 aromatic rings. The van der Waals surface area contributed by atoms with Crippen molar-refractivity contribution in [1.82, 2.24) is 4.98 Å². The van der Waals surface area contributed by atoms with E-state index in [1.807, 2.05) is 12.1 Å². The highest BCUT2D eigenvalue weighted by Crippen LogP contribution is 2.13. The number of nitrogens with zero attached hydrogens (tertiary/aromatic N) is 1. The minimum absolute atomic E-state index is 0.0511. The van der Waals surface area contributed by atoms with Gasteiger partial charge in [0.15, 0.2) is 5.78 Å². The summed E-state index contributed by atoms with van der Waals surface area (Å²) in [5, 5.41) is 2.59. The molecule has 0 amide bonds. The quantitative estimate of drug-likeness (QED) is 0.841. The molecule has 1 aromatic heterocycles. The van der Waals surface area contributed by atoms with E-state index in [4.69, 9.17) is 5.73 Å². The SMILES string of the molecule is CCc1ccc(CC(=O)c2csc(CN)n2)cc1. The highest BCUT2D eigenvalue weighted by atomic mass is 32.1. The average molecular weight is 260 g/mol. The van der Waals surface area contributed by atoms with Crippen molar-refractivity contribution in [2.45, 2.75) is 26.3 Å². The second-order valence-electron chi connectivity index (χ2n) is 4.10. The molecule has 0 bridgehead atoms. The van der Waals surface area contributed by atoms with Gasteiger partial charge in [-0.05, 0) is 17.5 Å². The molecule has 0 aliphatic heterocycles. The summed E-state index contributed by atoms with van der Waals surface area (Å²) < 4.78 is 0. The lowest BCUT2D eigenvalue weighted by molar-refractivity contribution is 0.0988. The van der Waals surface area contributed by atoms with Gasteiger partial charge in [0.25, 0.3) is 0 Å². The summed E-state index contributed by atoms with van der Waals surface area (Å²) in [5.74, 6) is 0.0511. The van der Waals surface area contributed by atoms with Crippen LogP contribution in [0.25, 0.3) is 0 Å². The van der Waals surface area contributed by atoms with E-state index in [2.05, 4.69) is 24.0 Å². The smallest absolute Gasteiger partial charge is 0.186 e. The van der Waals surface area contributed by atoms with Gasteiger partial charge in [-0.1, -0.05) is 31.2 Å². The van der Waals surface area contributed by atoms with Crippen molar-refractivity contribution in [3.05, 3.63) is 51.5 Å². The van der Waals surface area contributed by atoms with Crippen LogP contribution in [-0.4, -0.2) is 10.8 Å². The van der Waals surface area contributed by atoms with Gasteiger partial charge in [-0.25, -0.2) is 4.98 Å². The van der Waals surface area contributed by atoms with Gasteiger partial charge in [-0.2, -0.15) is 0 Å². The van der Waals surface area contributed by atoms with Gasteiger partial charge in [0, 0.05) is 18.3 Å². The molecule has 0 fully saturated rings. The van der Waals surface area contributed by atoms with E-state index < -0.39 is 0 Å². The van der Waals surface area contributed by atoms with Crippen molar-refractivity contribution in [3.8, 4) is 0 Å². The monoisotopic (exact) mass is 260 g/mol. The molecule has 0 aliphatic rings. The Morgan fingerprint density at radius 2 is 1.94 bits per heavy atom. The molecule has 3 nitrogen and oxygen atoms in total. The molecule has 1 heterocycles. The molecule has 18 heavy (non-hydrogen) atoms. The molecule has 0 saturated carbocycles. The number of Topliss-reactive ketones (excluding diaryl/α,β-unsaturated/α-hetero) is 1. The number of carbonyl (C=O) groups excluding carboxylic acids is 1. The summed E-state index contributed by atoms with van der Waals surface area (Å²) in [7, 11) is 0. The summed E-state index contributed by atoms with van der Waals surface area (Å²) >= 11 is 1.44. The predicted octanol–water partition coefficient (Wildman–Crippen LogP) is 2.59. The van der Waals surface area contributed by atoms with Crippen molar-refractivity contribution in [2.24, 2.45) is 5.73 Å². The fourth-order valence-corrected chi connectivity index (χ4v) is 2.38. The lowest BCUT2D eigenvalue weighted by atomic mass is 10.0. The van der Waals surface area contributed by atoms with Crippen LogP contribution in [0, 0.1) is 0 Å². The number of benzene rings is 1. The topological polar surface area (TPSA) is 56.0 Å². The van der Waals surface area contributed by atoms with E-state index in [-0.39, 0.29) is 5.78 Å². The molecule has 0 atom stereocenters. The number of ketones is 1. The van der Waals surface area contributed by atoms with Crippen LogP contribution in [0.3, 0.4) is 0 Å². The first kappa shape index (κ1) is 12.9. The Bertz CT molecular complexity index is 531. The van der Waals surface area contributed by atoms with E-state index >= 15 is 0 Å². The molecule has 0 aliphatic carbocycles. The van der Waals surface area contributed by atoms with Crippen LogP contribution < -0.4 is 5.73 Å². The van der Waals surface area contributed by atoms with E-state index in [0.717, 1.165) is 17.0 Å². The summed E-state index contributed by atoms with van der Waals surface area (Å²) in [6.45, 7) is 2.51. The molecule has 0 spiro atoms. The molecule has 0 unspecified atom stereocenters. The fraction of sp³-hybridized carbons (Fsp3) is 0.286. The second-order valence-corrected chi connectivity index (χ2v) is 5.04. The van der Waals surface area contributed by atoms with E-state index in [1.165, 1.54) is 16.9 Å². The number of carbonyl (C=O) groups is 1. The van der Waals surface area contributed by atoms with E-state index in [0.29, 0.717) is 18.7 Å². The molecular weight excluding hydrogens is 244 g/mol. The standard InChI is InChI=1S/C14H16N2OS/c1-2-10-3-5-11(6-4-10)7-13(17)12-9-18-14(8-15)16-12/h3-6,9H,2,7-8,15H2,1H3. The summed E-state index contributed by atoms with van der Waals surface area (Å²) in [6.07, 6.45) is 1.41. The number of hydrogen-bond acceptors (Lipinski definition) is 4. The zero-order valence-corrected chi connectivity index (χ0v) is 11.2. The van der Waals surface area contributed by atoms with Gasteiger partial charge >= 0.3 is 0 Å². The molecule has 94 valence electrons. The first-order chi connectivity index (χ1) is 8.72. The third kappa shape index (κ3) is 3.03. The largest absolute Gasteiger partial charge is 0.325 e. The Balaban J connectivity index is 2.06. The first-order valence-electron chi connectivity index (χ1n) is 5.98. The van der Waals surface area contributed by atoms with Crippen LogP contribution in [0.5, 0.6) is 0 Å². The van der Waals surface area contributed by atoms with Gasteiger partial charge in [0.2, 0.25) is 0 Å². The van der Waals surface area contributed by atoms with E-state index in [9.17, 15) is 4.79 Å². The molecule has 4 heteroatoms. The van der Waals surface area contributed by atoms with Crippen molar-refractivity contribution in [1.29, 1.82) is 0 Å². The van der Waals surface area contributed by atoms with Crippen molar-refractivity contribution >= 4 is 17.1 Å². The van der Waals surface area contributed by atoms with Gasteiger partial charge in [-0.3, -0.25) is 4.79 Å². The summed E-state index contributed by atoms with van der Waals surface area (Å²) in [4.78, 5) is 16.2. The average Bonchev–Trinajstić information content (AvgIpc) is 2.88. The Kier molecular flexibility index (Phi) is 4.23. The second kappa shape index (κ2) is 5.89. The first-order valence-corrected chi connectivity index (χ1v) is 6.86. The third-order valence-electron chi connectivity index (χ3n) is 2.81. The summed E-state index contributed by atoms with van der Waals surface area (Å²) in [5.41, 5.74) is 8.32. The number of aryl methyl sites for hydroxylation is 1. The Labute approximate surface area is 111 Å². The highest BCUT2D eigenvalue weighted by molar-refractivity contribution is 7.09. The molecule has 0 radical (unpaired) electrons. The molecule has 2 rings (SSSR count). The molecule has 1 aromatic carbocycles. The molecule has 2 N–H and O–H groups in total. The third-order valence-corrected chi connectivity index (χ3v) is 3.68. The zero-order chi connectivity index (χ0) is 13.0. The summed E-state index contributed by atoms with van der Waals surface area (Å²) in [6, 6.07) is 8.14. The maximum atomic E-state index is 12.0. The Morgan fingerprint density at radius 3 is 2.50 bits per heavy atom. The van der Waals surface area contributed by atoms with Crippen LogP contribution in [-0.2, 0) is 19.4 Å². The Hall–Kier alpha value is -1.52. The highest BCUT2D eigenvalue weighted by Gasteiger charge is 2.10. The fourth-order valence-electron chi connectivity index (χ4n) is 1.70. The molecular formula is C14H16N2OS.